The van der Waals surface area contributed by atoms with Crippen molar-refractivity contribution in [3.8, 4) is 5.95 Å². The third kappa shape index (κ3) is 3.31. The van der Waals surface area contributed by atoms with Gasteiger partial charge in [-0.2, -0.15) is 14.8 Å². The summed E-state index contributed by atoms with van der Waals surface area (Å²) in [6, 6.07) is 5.53. The molecule has 150 valence electrons. The zero-order chi connectivity index (χ0) is 19.8. The van der Waals surface area contributed by atoms with E-state index in [-0.39, 0.29) is 23.6 Å². The molecular formula is C20H27FN6O. The molecule has 0 radical (unpaired) electrons. The summed E-state index contributed by atoms with van der Waals surface area (Å²) >= 11 is 0. The summed E-state index contributed by atoms with van der Waals surface area (Å²) in [6.07, 6.45) is 2.96. The Bertz CT molecular complexity index is 959. The number of nitrogens with zero attached hydrogens (tertiary/aromatic N) is 5. The molecule has 4 rings (SSSR count). The lowest BCUT2D eigenvalue weighted by molar-refractivity contribution is 0.120. The number of para-hydroxylation sites is 1. The number of hydrogen-bond donors (Lipinski definition) is 1. The van der Waals surface area contributed by atoms with Crippen LogP contribution in [0.25, 0.3) is 16.9 Å². The van der Waals surface area contributed by atoms with E-state index in [2.05, 4.69) is 27.2 Å². The Labute approximate surface area is 163 Å². The van der Waals surface area contributed by atoms with Gasteiger partial charge in [0.15, 0.2) is 0 Å². The van der Waals surface area contributed by atoms with Crippen LogP contribution in [-0.4, -0.2) is 51.0 Å². The van der Waals surface area contributed by atoms with Gasteiger partial charge in [0.05, 0.1) is 5.69 Å². The van der Waals surface area contributed by atoms with Crippen LogP contribution in [0.15, 0.2) is 22.7 Å². The van der Waals surface area contributed by atoms with Gasteiger partial charge in [-0.15, -0.1) is 0 Å². The molecule has 0 saturated heterocycles. The van der Waals surface area contributed by atoms with E-state index in [1.54, 1.807) is 6.07 Å². The Balaban J connectivity index is 1.56. The predicted molar refractivity (Wildman–Crippen MR) is 105 cm³/mol. The molecule has 1 aliphatic rings. The molecule has 28 heavy (non-hydrogen) atoms. The summed E-state index contributed by atoms with van der Waals surface area (Å²) in [5, 5.41) is 9.46. The zero-order valence-corrected chi connectivity index (χ0v) is 16.6. The second kappa shape index (κ2) is 7.60. The van der Waals surface area contributed by atoms with E-state index in [4.69, 9.17) is 10.3 Å². The molecular weight excluding hydrogens is 359 g/mol. The van der Waals surface area contributed by atoms with Crippen LogP contribution >= 0.6 is 0 Å². The third-order valence-electron chi connectivity index (χ3n) is 5.65. The van der Waals surface area contributed by atoms with E-state index in [1.807, 2.05) is 19.9 Å². The standard InChI is InChI=1S/C20H27FN6O/c1-12(2)17-15-6-4-7-16(21)18(15)27(24-17)20-23-19(28-25-20)13-10-14(11-13)26(3)9-5-8-22/h4,6-7,12-14H,5,8-11,22H2,1-3H3/t13-,14+. The zero-order valence-electron chi connectivity index (χ0n) is 16.6. The number of rotatable bonds is 7. The fourth-order valence-electron chi connectivity index (χ4n) is 3.87. The summed E-state index contributed by atoms with van der Waals surface area (Å²) in [4.78, 5) is 6.88. The molecule has 0 unspecified atom stereocenters. The first-order valence-corrected chi connectivity index (χ1v) is 9.91. The first-order valence-electron chi connectivity index (χ1n) is 9.91. The summed E-state index contributed by atoms with van der Waals surface area (Å²) in [5.74, 6) is 0.950. The first-order chi connectivity index (χ1) is 13.5. The number of benzene rings is 1. The molecule has 1 saturated carbocycles. The molecule has 0 spiro atoms. The molecule has 3 aromatic rings. The molecule has 1 aromatic carbocycles. The predicted octanol–water partition coefficient (Wildman–Crippen LogP) is 3.20. The Morgan fingerprint density at radius 1 is 1.36 bits per heavy atom. The SMILES string of the molecule is CC(C)c1nn(-c2noc([C@H]3C[C@@H](N(C)CCCN)C3)n2)c2c(F)cccc12. The van der Waals surface area contributed by atoms with E-state index < -0.39 is 0 Å². The summed E-state index contributed by atoms with van der Waals surface area (Å²) in [7, 11) is 2.13. The lowest BCUT2D eigenvalue weighted by Crippen LogP contribution is -2.42. The highest BCUT2D eigenvalue weighted by atomic mass is 19.1. The minimum atomic E-state index is -0.339. The van der Waals surface area contributed by atoms with Gasteiger partial charge in [-0.05, 0) is 56.5 Å². The van der Waals surface area contributed by atoms with Crippen LogP contribution in [0.3, 0.4) is 0 Å². The van der Waals surface area contributed by atoms with Crippen molar-refractivity contribution < 1.29 is 8.91 Å². The van der Waals surface area contributed by atoms with Crippen molar-refractivity contribution >= 4 is 10.9 Å². The first kappa shape index (κ1) is 19.0. The van der Waals surface area contributed by atoms with Gasteiger partial charge >= 0.3 is 0 Å². The van der Waals surface area contributed by atoms with Crippen molar-refractivity contribution in [3.05, 3.63) is 35.6 Å². The topological polar surface area (TPSA) is 86.0 Å². The highest BCUT2D eigenvalue weighted by Crippen LogP contribution is 2.39. The molecule has 1 fully saturated rings. The Kier molecular flexibility index (Phi) is 5.16. The van der Waals surface area contributed by atoms with Crippen molar-refractivity contribution in [2.75, 3.05) is 20.1 Å². The van der Waals surface area contributed by atoms with Gasteiger partial charge in [0.1, 0.15) is 11.3 Å². The molecule has 0 aliphatic heterocycles. The Morgan fingerprint density at radius 3 is 2.86 bits per heavy atom. The Morgan fingerprint density at radius 2 is 2.14 bits per heavy atom. The molecule has 8 heteroatoms. The molecule has 0 amide bonds. The van der Waals surface area contributed by atoms with E-state index in [1.165, 1.54) is 10.7 Å². The minimum Gasteiger partial charge on any atom is -0.337 e. The second-order valence-corrected chi connectivity index (χ2v) is 7.97. The monoisotopic (exact) mass is 386 g/mol. The van der Waals surface area contributed by atoms with Gasteiger partial charge in [-0.25, -0.2) is 4.39 Å². The largest absolute Gasteiger partial charge is 0.337 e. The highest BCUT2D eigenvalue weighted by Gasteiger charge is 2.36. The number of halogens is 1. The van der Waals surface area contributed by atoms with E-state index >= 15 is 0 Å². The fourth-order valence-corrected chi connectivity index (χ4v) is 3.87. The normalized spacial score (nSPS) is 19.7. The van der Waals surface area contributed by atoms with E-state index in [9.17, 15) is 4.39 Å². The molecule has 0 bridgehead atoms. The van der Waals surface area contributed by atoms with Crippen molar-refractivity contribution in [2.24, 2.45) is 5.73 Å². The molecule has 2 aromatic heterocycles. The number of aromatic nitrogens is 4. The molecule has 2 heterocycles. The van der Waals surface area contributed by atoms with E-state index in [0.29, 0.717) is 24.0 Å². The van der Waals surface area contributed by atoms with Crippen LogP contribution in [0.4, 0.5) is 4.39 Å². The highest BCUT2D eigenvalue weighted by molar-refractivity contribution is 5.84. The van der Waals surface area contributed by atoms with Crippen molar-refractivity contribution in [1.29, 1.82) is 0 Å². The Hall–Kier alpha value is -2.32. The smallest absolute Gasteiger partial charge is 0.291 e. The van der Waals surface area contributed by atoms with Gasteiger partial charge in [-0.3, -0.25) is 0 Å². The number of hydrogen-bond acceptors (Lipinski definition) is 6. The maximum atomic E-state index is 14.5. The third-order valence-corrected chi connectivity index (χ3v) is 5.65. The molecule has 1 aliphatic carbocycles. The minimum absolute atomic E-state index is 0.161. The van der Waals surface area contributed by atoms with Crippen molar-refractivity contribution in [3.63, 3.8) is 0 Å². The van der Waals surface area contributed by atoms with Gasteiger partial charge in [0, 0.05) is 17.3 Å². The maximum Gasteiger partial charge on any atom is 0.291 e. The quantitative estimate of drug-likeness (QED) is 0.671. The molecule has 0 atom stereocenters. The van der Waals surface area contributed by atoms with Crippen LogP contribution in [0.2, 0.25) is 0 Å². The van der Waals surface area contributed by atoms with Crippen LogP contribution in [0.1, 0.15) is 56.5 Å². The number of nitrogens with two attached hydrogens (primary N) is 1. The van der Waals surface area contributed by atoms with Gasteiger partial charge in [0.25, 0.3) is 5.95 Å². The summed E-state index contributed by atoms with van der Waals surface area (Å²) < 4.78 is 21.5. The van der Waals surface area contributed by atoms with Crippen LogP contribution in [-0.2, 0) is 0 Å². The fraction of sp³-hybridized carbons (Fsp3) is 0.550. The van der Waals surface area contributed by atoms with Crippen molar-refractivity contribution in [1.82, 2.24) is 24.8 Å². The van der Waals surface area contributed by atoms with Gasteiger partial charge in [0.2, 0.25) is 5.89 Å². The van der Waals surface area contributed by atoms with Crippen LogP contribution < -0.4 is 5.73 Å². The van der Waals surface area contributed by atoms with Gasteiger partial charge < -0.3 is 15.2 Å². The summed E-state index contributed by atoms with van der Waals surface area (Å²) in [5.41, 5.74) is 6.81. The molecule has 2 N–H and O–H groups in total. The maximum absolute atomic E-state index is 14.5. The average Bonchev–Trinajstić information content (AvgIpc) is 3.24. The number of fused-ring (bicyclic) bond motifs is 1. The van der Waals surface area contributed by atoms with Crippen molar-refractivity contribution in [2.45, 2.75) is 51.0 Å². The van der Waals surface area contributed by atoms with E-state index in [0.717, 1.165) is 36.9 Å². The lowest BCUT2D eigenvalue weighted by Gasteiger charge is -2.39. The summed E-state index contributed by atoms with van der Waals surface area (Å²) in [6.45, 7) is 5.78. The second-order valence-electron chi connectivity index (χ2n) is 7.97. The molecule has 7 nitrogen and oxygen atoms in total. The van der Waals surface area contributed by atoms with Crippen LogP contribution in [0.5, 0.6) is 0 Å². The van der Waals surface area contributed by atoms with Gasteiger partial charge in [-0.1, -0.05) is 26.0 Å². The van der Waals surface area contributed by atoms with Crippen LogP contribution in [0, 0.1) is 5.82 Å². The average molecular weight is 386 g/mol. The lowest BCUT2D eigenvalue weighted by atomic mass is 9.79.